The molecule has 1 aliphatic heterocycles. The Kier molecular flexibility index (Phi) is 11.5. The molecule has 1 unspecified atom stereocenters. The minimum atomic E-state index is -0.0814. The lowest BCUT2D eigenvalue weighted by molar-refractivity contribution is -0.132. The number of rotatable bonds is 14. The first-order valence-corrected chi connectivity index (χ1v) is 10.1. The smallest absolute Gasteiger partial charge is 0.321 e. The van der Waals surface area contributed by atoms with Crippen molar-refractivity contribution in [2.24, 2.45) is 0 Å². The quantitative estimate of drug-likeness (QED) is 0.471. The highest BCUT2D eigenvalue weighted by Gasteiger charge is 2.35. The fraction of sp³-hybridized carbons (Fsp3) is 0.895. The highest BCUT2D eigenvalue weighted by Crippen LogP contribution is 2.19. The van der Waals surface area contributed by atoms with Crippen LogP contribution in [0.3, 0.4) is 0 Å². The van der Waals surface area contributed by atoms with E-state index in [0.717, 1.165) is 71.2 Å². The van der Waals surface area contributed by atoms with Gasteiger partial charge in [0.25, 0.3) is 0 Å². The molecule has 1 atom stereocenters. The lowest BCUT2D eigenvalue weighted by atomic mass is 10.1. The molecule has 1 rings (SSSR count). The Balaban J connectivity index is 2.33. The van der Waals surface area contributed by atoms with E-state index in [1.807, 2.05) is 11.8 Å². The van der Waals surface area contributed by atoms with Crippen LogP contribution in [0.1, 0.15) is 65.7 Å². The highest BCUT2D eigenvalue weighted by molar-refractivity contribution is 5.97. The summed E-state index contributed by atoms with van der Waals surface area (Å²) in [6.45, 7) is 11.6. The van der Waals surface area contributed by atoms with Crippen LogP contribution in [0.25, 0.3) is 0 Å². The Labute approximate surface area is 153 Å². The van der Waals surface area contributed by atoms with Crippen molar-refractivity contribution in [3.05, 3.63) is 0 Å². The Morgan fingerprint density at radius 3 is 2.00 bits per heavy atom. The van der Waals surface area contributed by atoms with E-state index in [2.05, 4.69) is 24.5 Å². The van der Waals surface area contributed by atoms with Gasteiger partial charge in [0.15, 0.2) is 0 Å². The molecular weight excluding hydrogens is 316 g/mol. The number of amides is 3. The van der Waals surface area contributed by atoms with E-state index in [-0.39, 0.29) is 18.0 Å². The second kappa shape index (κ2) is 13.1. The Bertz CT molecular complexity index is 390. The van der Waals surface area contributed by atoms with Gasteiger partial charge in [-0.15, -0.1) is 0 Å². The lowest BCUT2D eigenvalue weighted by Crippen LogP contribution is -2.56. The molecule has 0 radical (unpaired) electrons. The van der Waals surface area contributed by atoms with Gasteiger partial charge in [-0.2, -0.15) is 0 Å². The maximum absolute atomic E-state index is 12.7. The van der Waals surface area contributed by atoms with Gasteiger partial charge in [-0.1, -0.05) is 26.7 Å². The molecule has 6 nitrogen and oxygen atoms in total. The van der Waals surface area contributed by atoms with E-state index in [0.29, 0.717) is 13.0 Å². The van der Waals surface area contributed by atoms with Gasteiger partial charge in [0.05, 0.1) is 0 Å². The van der Waals surface area contributed by atoms with Crippen LogP contribution in [-0.4, -0.2) is 67.0 Å². The van der Waals surface area contributed by atoms with Gasteiger partial charge < -0.3 is 15.5 Å². The van der Waals surface area contributed by atoms with E-state index >= 15 is 0 Å². The van der Waals surface area contributed by atoms with Crippen LogP contribution >= 0.6 is 0 Å². The summed E-state index contributed by atoms with van der Waals surface area (Å²) in [4.78, 5) is 28.3. The van der Waals surface area contributed by atoms with E-state index in [1.54, 1.807) is 0 Å². The number of urea groups is 1. The molecule has 1 heterocycles. The average Bonchev–Trinajstić information content (AvgIpc) is 2.58. The SMILES string of the molecule is CCNCCCCCN1C(=O)CC(C)N(CCCCCNCC)C1=O. The zero-order chi connectivity index (χ0) is 18.5. The molecule has 3 amide bonds. The molecule has 0 aliphatic carbocycles. The number of carbonyl (C=O) groups excluding carboxylic acids is 2. The summed E-state index contributed by atoms with van der Waals surface area (Å²) in [7, 11) is 0. The molecule has 0 aromatic carbocycles. The Hall–Kier alpha value is -1.14. The molecule has 146 valence electrons. The van der Waals surface area contributed by atoms with E-state index in [1.165, 1.54) is 4.90 Å². The van der Waals surface area contributed by atoms with E-state index in [4.69, 9.17) is 0 Å². The van der Waals surface area contributed by atoms with Crippen molar-refractivity contribution < 1.29 is 9.59 Å². The molecular formula is C19H38N4O2. The maximum atomic E-state index is 12.7. The fourth-order valence-electron chi connectivity index (χ4n) is 3.22. The summed E-state index contributed by atoms with van der Waals surface area (Å²) in [5.41, 5.74) is 0. The topological polar surface area (TPSA) is 64.7 Å². The maximum Gasteiger partial charge on any atom is 0.326 e. The van der Waals surface area contributed by atoms with Crippen molar-refractivity contribution in [3.8, 4) is 0 Å². The standard InChI is InChI=1S/C19H38N4O2/c1-4-20-12-8-6-10-14-22-17(3)16-18(24)23(19(22)25)15-11-7-9-13-21-5-2/h17,20-21H,4-16H2,1-3H3. The number of unbranched alkanes of at least 4 members (excludes halogenated alkanes) is 4. The van der Waals surface area contributed by atoms with Crippen LogP contribution < -0.4 is 10.6 Å². The number of hydrogen-bond donors (Lipinski definition) is 2. The summed E-state index contributed by atoms with van der Waals surface area (Å²) < 4.78 is 0. The van der Waals surface area contributed by atoms with Crippen LogP contribution in [0.2, 0.25) is 0 Å². The first kappa shape index (κ1) is 21.9. The van der Waals surface area contributed by atoms with Gasteiger partial charge in [-0.05, 0) is 58.8 Å². The summed E-state index contributed by atoms with van der Waals surface area (Å²) in [6, 6.07) is -0.0547. The molecule has 0 spiro atoms. The predicted octanol–water partition coefficient (Wildman–Crippen LogP) is 2.59. The third kappa shape index (κ3) is 8.19. The summed E-state index contributed by atoms with van der Waals surface area (Å²) in [5.74, 6) is -0.00687. The molecule has 0 aromatic rings. The number of carbonyl (C=O) groups is 2. The lowest BCUT2D eigenvalue weighted by Gasteiger charge is -2.39. The van der Waals surface area contributed by atoms with Crippen LogP contribution in [0.5, 0.6) is 0 Å². The van der Waals surface area contributed by atoms with Crippen molar-refractivity contribution in [3.63, 3.8) is 0 Å². The van der Waals surface area contributed by atoms with Crippen LogP contribution in [0.4, 0.5) is 4.79 Å². The monoisotopic (exact) mass is 354 g/mol. The molecule has 1 saturated heterocycles. The molecule has 1 fully saturated rings. The number of hydrogen-bond acceptors (Lipinski definition) is 4. The molecule has 1 aliphatic rings. The second-order valence-electron chi connectivity index (χ2n) is 6.90. The van der Waals surface area contributed by atoms with Gasteiger partial charge in [0.1, 0.15) is 0 Å². The molecule has 0 aromatic heterocycles. The number of nitrogens with one attached hydrogen (secondary N) is 2. The Morgan fingerprint density at radius 1 is 0.880 bits per heavy atom. The fourth-order valence-corrected chi connectivity index (χ4v) is 3.22. The van der Waals surface area contributed by atoms with Crippen molar-refractivity contribution >= 4 is 11.9 Å². The summed E-state index contributed by atoms with van der Waals surface area (Å²) in [6.07, 6.45) is 6.75. The van der Waals surface area contributed by atoms with Crippen molar-refractivity contribution in [1.82, 2.24) is 20.4 Å². The van der Waals surface area contributed by atoms with Gasteiger partial charge >= 0.3 is 6.03 Å². The molecule has 6 heteroatoms. The largest absolute Gasteiger partial charge is 0.326 e. The van der Waals surface area contributed by atoms with Crippen molar-refractivity contribution in [2.75, 3.05) is 39.3 Å². The normalized spacial score (nSPS) is 18.3. The summed E-state index contributed by atoms with van der Waals surface area (Å²) in [5, 5.41) is 6.62. The molecule has 25 heavy (non-hydrogen) atoms. The minimum absolute atomic E-state index is 0.00687. The number of nitrogens with zero attached hydrogens (tertiary/aromatic N) is 2. The zero-order valence-electron chi connectivity index (χ0n) is 16.5. The molecule has 2 N–H and O–H groups in total. The number of imide groups is 1. The Morgan fingerprint density at radius 2 is 1.44 bits per heavy atom. The average molecular weight is 355 g/mol. The van der Waals surface area contributed by atoms with E-state index in [9.17, 15) is 9.59 Å². The van der Waals surface area contributed by atoms with Crippen molar-refractivity contribution in [1.29, 1.82) is 0 Å². The second-order valence-corrected chi connectivity index (χ2v) is 6.90. The van der Waals surface area contributed by atoms with Gasteiger partial charge in [0, 0.05) is 25.6 Å². The molecule has 0 bridgehead atoms. The highest BCUT2D eigenvalue weighted by atomic mass is 16.2. The first-order chi connectivity index (χ1) is 12.1. The first-order valence-electron chi connectivity index (χ1n) is 10.1. The van der Waals surface area contributed by atoms with Crippen molar-refractivity contribution in [2.45, 2.75) is 71.8 Å². The van der Waals surface area contributed by atoms with Gasteiger partial charge in [-0.25, -0.2) is 4.79 Å². The zero-order valence-corrected chi connectivity index (χ0v) is 16.5. The van der Waals surface area contributed by atoms with Crippen LogP contribution in [-0.2, 0) is 4.79 Å². The predicted molar refractivity (Wildman–Crippen MR) is 103 cm³/mol. The minimum Gasteiger partial charge on any atom is -0.321 e. The third-order valence-electron chi connectivity index (χ3n) is 4.77. The van der Waals surface area contributed by atoms with Crippen LogP contribution in [0.15, 0.2) is 0 Å². The third-order valence-corrected chi connectivity index (χ3v) is 4.77. The van der Waals surface area contributed by atoms with Gasteiger partial charge in [-0.3, -0.25) is 9.69 Å². The van der Waals surface area contributed by atoms with E-state index < -0.39 is 0 Å². The molecule has 0 saturated carbocycles. The van der Waals surface area contributed by atoms with Crippen LogP contribution in [0, 0.1) is 0 Å². The van der Waals surface area contributed by atoms with Gasteiger partial charge in [0.2, 0.25) is 5.91 Å². The summed E-state index contributed by atoms with van der Waals surface area (Å²) >= 11 is 0.